The second kappa shape index (κ2) is 7.95. The maximum absolute atomic E-state index is 12.7. The first-order chi connectivity index (χ1) is 10.9. The highest BCUT2D eigenvalue weighted by molar-refractivity contribution is 7.91. The van der Waals surface area contributed by atoms with Crippen molar-refractivity contribution in [2.75, 3.05) is 6.26 Å². The molecule has 1 N–H and O–H groups in total. The van der Waals surface area contributed by atoms with Crippen LogP contribution in [0.4, 0.5) is 0 Å². The molecule has 0 saturated heterocycles. The second-order valence-electron chi connectivity index (χ2n) is 6.58. The van der Waals surface area contributed by atoms with E-state index in [0.29, 0.717) is 12.8 Å². The maximum atomic E-state index is 12.7. The molecule has 3 atom stereocenters. The van der Waals surface area contributed by atoms with Gasteiger partial charge in [0.25, 0.3) is 0 Å². The zero-order chi connectivity index (χ0) is 16.9. The largest absolute Gasteiger partial charge is 0.353 e. The van der Waals surface area contributed by atoms with Gasteiger partial charge in [0.15, 0.2) is 0 Å². The molecule has 0 spiro atoms. The Morgan fingerprint density at radius 3 is 2.57 bits per heavy atom. The Balaban J connectivity index is 2.04. The molecule has 1 saturated carbocycles. The molecule has 0 aromatic heterocycles. The third-order valence-electron chi connectivity index (χ3n) is 4.67. The van der Waals surface area contributed by atoms with E-state index in [4.69, 9.17) is 0 Å². The standard InChI is InChI=1S/C18H27NO3S/c1-3-8-17(14-9-5-4-6-10-14)18(20)19-15-11-7-12-16(13-15)23(2,21)22/h4-6,9-10,15-17H,3,7-8,11-13H2,1-2H3,(H,19,20)/t15-,16-,17+/m1/s1. The lowest BCUT2D eigenvalue weighted by molar-refractivity contribution is -0.123. The van der Waals surface area contributed by atoms with Gasteiger partial charge in [-0.3, -0.25) is 4.79 Å². The first kappa shape index (κ1) is 18.0. The summed E-state index contributed by atoms with van der Waals surface area (Å²) in [6.07, 6.45) is 6.01. The minimum Gasteiger partial charge on any atom is -0.353 e. The molecular formula is C18H27NO3S. The number of hydrogen-bond acceptors (Lipinski definition) is 3. The highest BCUT2D eigenvalue weighted by Gasteiger charge is 2.31. The van der Waals surface area contributed by atoms with Crippen LogP contribution in [0.5, 0.6) is 0 Å². The molecule has 23 heavy (non-hydrogen) atoms. The molecule has 1 amide bonds. The number of sulfone groups is 1. The normalized spacial score (nSPS) is 23.2. The van der Waals surface area contributed by atoms with E-state index < -0.39 is 9.84 Å². The Morgan fingerprint density at radius 1 is 1.26 bits per heavy atom. The SMILES string of the molecule is CCC[C@H](C(=O)N[C@@H]1CCC[C@@H](S(C)(=O)=O)C1)c1ccccc1. The zero-order valence-electron chi connectivity index (χ0n) is 14.0. The lowest BCUT2D eigenvalue weighted by Gasteiger charge is -2.30. The van der Waals surface area contributed by atoms with Crippen molar-refractivity contribution in [1.29, 1.82) is 0 Å². The zero-order valence-corrected chi connectivity index (χ0v) is 14.8. The topological polar surface area (TPSA) is 63.2 Å². The molecule has 0 bridgehead atoms. The van der Waals surface area contributed by atoms with Crippen molar-refractivity contribution in [2.24, 2.45) is 0 Å². The van der Waals surface area contributed by atoms with Gasteiger partial charge in [0.2, 0.25) is 5.91 Å². The summed E-state index contributed by atoms with van der Waals surface area (Å²) in [7, 11) is -3.03. The van der Waals surface area contributed by atoms with E-state index in [2.05, 4.69) is 12.2 Å². The van der Waals surface area contributed by atoms with Crippen molar-refractivity contribution in [3.63, 3.8) is 0 Å². The fraction of sp³-hybridized carbons (Fsp3) is 0.611. The molecule has 1 aliphatic rings. The first-order valence-corrected chi connectivity index (χ1v) is 10.4. The average molecular weight is 337 g/mol. The van der Waals surface area contributed by atoms with Crippen LogP contribution in [-0.4, -0.2) is 31.9 Å². The Morgan fingerprint density at radius 2 is 1.96 bits per heavy atom. The van der Waals surface area contributed by atoms with E-state index in [-0.39, 0.29) is 23.1 Å². The second-order valence-corrected chi connectivity index (χ2v) is 8.90. The van der Waals surface area contributed by atoms with Gasteiger partial charge in [0.05, 0.1) is 11.2 Å². The van der Waals surface area contributed by atoms with Crippen molar-refractivity contribution in [3.8, 4) is 0 Å². The minimum atomic E-state index is -3.03. The lowest BCUT2D eigenvalue weighted by Crippen LogP contribution is -2.43. The van der Waals surface area contributed by atoms with Gasteiger partial charge in [0, 0.05) is 12.3 Å². The molecule has 0 heterocycles. The van der Waals surface area contributed by atoms with Crippen LogP contribution < -0.4 is 5.32 Å². The van der Waals surface area contributed by atoms with Crippen molar-refractivity contribution in [1.82, 2.24) is 5.32 Å². The summed E-state index contributed by atoms with van der Waals surface area (Å²) in [4.78, 5) is 12.7. The summed E-state index contributed by atoms with van der Waals surface area (Å²) >= 11 is 0. The number of benzene rings is 1. The highest BCUT2D eigenvalue weighted by Crippen LogP contribution is 2.26. The minimum absolute atomic E-state index is 0.0252. The number of nitrogens with one attached hydrogen (secondary N) is 1. The van der Waals surface area contributed by atoms with Crippen molar-refractivity contribution in [2.45, 2.75) is 62.7 Å². The van der Waals surface area contributed by atoms with Gasteiger partial charge < -0.3 is 5.32 Å². The molecular weight excluding hydrogens is 310 g/mol. The molecule has 128 valence electrons. The third-order valence-corrected chi connectivity index (χ3v) is 6.31. The molecule has 0 aliphatic heterocycles. The monoisotopic (exact) mass is 337 g/mol. The fourth-order valence-electron chi connectivity index (χ4n) is 3.39. The van der Waals surface area contributed by atoms with E-state index >= 15 is 0 Å². The first-order valence-electron chi connectivity index (χ1n) is 8.46. The van der Waals surface area contributed by atoms with Gasteiger partial charge in [-0.25, -0.2) is 8.42 Å². The molecule has 1 aromatic rings. The van der Waals surface area contributed by atoms with Crippen LogP contribution in [0.25, 0.3) is 0 Å². The smallest absolute Gasteiger partial charge is 0.227 e. The van der Waals surface area contributed by atoms with Gasteiger partial charge in [-0.2, -0.15) is 0 Å². The van der Waals surface area contributed by atoms with Crippen LogP contribution >= 0.6 is 0 Å². The van der Waals surface area contributed by atoms with Crippen LogP contribution in [0.15, 0.2) is 30.3 Å². The molecule has 1 aliphatic carbocycles. The van der Waals surface area contributed by atoms with Gasteiger partial charge >= 0.3 is 0 Å². The van der Waals surface area contributed by atoms with Crippen molar-refractivity contribution in [3.05, 3.63) is 35.9 Å². The van der Waals surface area contributed by atoms with Gasteiger partial charge in [-0.15, -0.1) is 0 Å². The van der Waals surface area contributed by atoms with Crippen LogP contribution in [-0.2, 0) is 14.6 Å². The summed E-state index contributed by atoms with van der Waals surface area (Å²) in [6, 6.07) is 9.79. The Labute approximate surface area is 139 Å². The van der Waals surface area contributed by atoms with Crippen LogP contribution in [0.3, 0.4) is 0 Å². The van der Waals surface area contributed by atoms with E-state index in [0.717, 1.165) is 31.2 Å². The van der Waals surface area contributed by atoms with E-state index in [1.807, 2.05) is 30.3 Å². The Hall–Kier alpha value is -1.36. The molecule has 5 heteroatoms. The average Bonchev–Trinajstić information content (AvgIpc) is 2.53. The number of hydrogen-bond donors (Lipinski definition) is 1. The molecule has 1 fully saturated rings. The predicted octanol–water partition coefficient (Wildman–Crippen LogP) is 3.04. The predicted molar refractivity (Wildman–Crippen MR) is 93.1 cm³/mol. The van der Waals surface area contributed by atoms with Crippen LogP contribution in [0, 0.1) is 0 Å². The molecule has 0 radical (unpaired) electrons. The van der Waals surface area contributed by atoms with Crippen molar-refractivity contribution >= 4 is 15.7 Å². The molecule has 0 unspecified atom stereocenters. The molecule has 4 nitrogen and oxygen atoms in total. The highest BCUT2D eigenvalue weighted by atomic mass is 32.2. The summed E-state index contributed by atoms with van der Waals surface area (Å²) in [5, 5.41) is 2.78. The van der Waals surface area contributed by atoms with Gasteiger partial charge in [-0.05, 0) is 31.2 Å². The summed E-state index contributed by atoms with van der Waals surface area (Å²) in [5.74, 6) is -0.128. The van der Waals surface area contributed by atoms with Gasteiger partial charge in [0.1, 0.15) is 9.84 Å². The maximum Gasteiger partial charge on any atom is 0.227 e. The quantitative estimate of drug-likeness (QED) is 0.868. The summed E-state index contributed by atoms with van der Waals surface area (Å²) < 4.78 is 23.5. The lowest BCUT2D eigenvalue weighted by atomic mass is 9.91. The van der Waals surface area contributed by atoms with Crippen LogP contribution in [0.2, 0.25) is 0 Å². The third kappa shape index (κ3) is 5.06. The molecule has 2 rings (SSSR count). The number of rotatable bonds is 6. The fourth-order valence-corrected chi connectivity index (χ4v) is 4.57. The van der Waals surface area contributed by atoms with E-state index in [1.54, 1.807) is 0 Å². The van der Waals surface area contributed by atoms with E-state index in [1.165, 1.54) is 6.26 Å². The van der Waals surface area contributed by atoms with E-state index in [9.17, 15) is 13.2 Å². The Kier molecular flexibility index (Phi) is 6.22. The van der Waals surface area contributed by atoms with Crippen LogP contribution in [0.1, 0.15) is 56.9 Å². The number of carbonyl (C=O) groups excluding carboxylic acids is 1. The Bertz CT molecular complexity index is 612. The molecule has 1 aromatic carbocycles. The van der Waals surface area contributed by atoms with Gasteiger partial charge in [-0.1, -0.05) is 50.1 Å². The number of carbonyl (C=O) groups is 1. The van der Waals surface area contributed by atoms with Crippen molar-refractivity contribution < 1.29 is 13.2 Å². The summed E-state index contributed by atoms with van der Waals surface area (Å²) in [5.41, 5.74) is 1.03. The number of amides is 1. The summed E-state index contributed by atoms with van der Waals surface area (Å²) in [6.45, 7) is 2.07.